The zero-order valence-corrected chi connectivity index (χ0v) is 13.1. The first kappa shape index (κ1) is 14.0. The summed E-state index contributed by atoms with van der Waals surface area (Å²) in [5.74, 6) is 1.61. The molecule has 2 aliphatic rings. The number of likely N-dealkylation sites (N-methyl/N-ethyl adjacent to an activating group) is 1. The highest BCUT2D eigenvalue weighted by Gasteiger charge is 2.37. The summed E-state index contributed by atoms with van der Waals surface area (Å²) in [7, 11) is 4.50. The van der Waals surface area contributed by atoms with Gasteiger partial charge in [0, 0.05) is 24.2 Å². The van der Waals surface area contributed by atoms with Crippen LogP contribution in [0.2, 0.25) is 0 Å². The van der Waals surface area contributed by atoms with Crippen molar-refractivity contribution in [2.24, 2.45) is 11.8 Å². The molecular weight excluding hydrogens is 240 g/mol. The average molecular weight is 266 g/mol. The molecule has 0 N–H and O–H groups in total. The van der Waals surface area contributed by atoms with Crippen molar-refractivity contribution in [3.05, 3.63) is 22.8 Å². The van der Waals surface area contributed by atoms with Gasteiger partial charge in [-0.1, -0.05) is 13.0 Å². The molecule has 2 aliphatic heterocycles. The lowest BCUT2D eigenvalue weighted by Gasteiger charge is -2.40. The summed E-state index contributed by atoms with van der Waals surface area (Å²) >= 11 is 2.07. The third-order valence-corrected chi connectivity index (χ3v) is 5.76. The molecule has 3 unspecified atom stereocenters. The van der Waals surface area contributed by atoms with Gasteiger partial charge in [0.25, 0.3) is 0 Å². The first-order valence-electron chi connectivity index (χ1n) is 6.96. The molecule has 0 amide bonds. The Morgan fingerprint density at radius 3 is 2.67 bits per heavy atom. The van der Waals surface area contributed by atoms with Crippen LogP contribution in [0.3, 0.4) is 0 Å². The minimum atomic E-state index is 0.639. The van der Waals surface area contributed by atoms with E-state index in [1.165, 1.54) is 30.1 Å². The van der Waals surface area contributed by atoms with Crippen LogP contribution in [0.25, 0.3) is 0 Å². The van der Waals surface area contributed by atoms with Crippen molar-refractivity contribution >= 4 is 11.8 Å². The molecule has 3 atom stereocenters. The molecule has 0 saturated carbocycles. The van der Waals surface area contributed by atoms with Gasteiger partial charge in [0.15, 0.2) is 0 Å². The van der Waals surface area contributed by atoms with E-state index in [4.69, 9.17) is 0 Å². The molecule has 0 aromatic heterocycles. The van der Waals surface area contributed by atoms with Crippen molar-refractivity contribution < 1.29 is 0 Å². The zero-order chi connectivity index (χ0) is 13.3. The van der Waals surface area contributed by atoms with E-state index in [9.17, 15) is 0 Å². The van der Waals surface area contributed by atoms with E-state index in [-0.39, 0.29) is 0 Å². The number of thioether (sulfide) groups is 1. The van der Waals surface area contributed by atoms with Gasteiger partial charge >= 0.3 is 0 Å². The van der Waals surface area contributed by atoms with E-state index in [1.807, 2.05) is 0 Å². The minimum absolute atomic E-state index is 0.639. The zero-order valence-electron chi connectivity index (χ0n) is 12.3. The number of allylic oxidation sites excluding steroid dienone is 3. The Bertz CT molecular complexity index is 362. The van der Waals surface area contributed by atoms with Gasteiger partial charge in [-0.05, 0) is 51.8 Å². The minimum Gasteiger partial charge on any atom is -0.361 e. The molecule has 0 aromatic carbocycles. The second-order valence-electron chi connectivity index (χ2n) is 5.75. The molecular formula is C15H26N2S. The van der Waals surface area contributed by atoms with Gasteiger partial charge in [-0.2, -0.15) is 0 Å². The van der Waals surface area contributed by atoms with Crippen LogP contribution < -0.4 is 0 Å². The number of rotatable bonds is 2. The van der Waals surface area contributed by atoms with Gasteiger partial charge in [-0.25, -0.2) is 0 Å². The fraction of sp³-hybridized carbons (Fsp3) is 0.733. The Labute approximate surface area is 116 Å². The maximum atomic E-state index is 2.49. The van der Waals surface area contributed by atoms with E-state index in [2.05, 4.69) is 68.6 Å². The SMILES string of the molecule is C/C=C\C1=C(C)SC(C2CCN(C)CC2C)N1C. The molecule has 0 radical (unpaired) electrons. The molecule has 2 heterocycles. The fourth-order valence-electron chi connectivity index (χ4n) is 3.27. The predicted molar refractivity (Wildman–Crippen MR) is 81.4 cm³/mol. The molecule has 2 rings (SSSR count). The molecule has 2 nitrogen and oxygen atoms in total. The molecule has 102 valence electrons. The third kappa shape index (κ3) is 2.62. The van der Waals surface area contributed by atoms with Crippen LogP contribution in [-0.4, -0.2) is 42.4 Å². The highest BCUT2D eigenvalue weighted by molar-refractivity contribution is 8.03. The quantitative estimate of drug-likeness (QED) is 0.756. The van der Waals surface area contributed by atoms with Crippen molar-refractivity contribution in [1.82, 2.24) is 9.80 Å². The third-order valence-electron chi connectivity index (χ3n) is 4.29. The summed E-state index contributed by atoms with van der Waals surface area (Å²) in [5, 5.41) is 0.639. The lowest BCUT2D eigenvalue weighted by molar-refractivity contribution is 0.123. The Hall–Kier alpha value is -0.410. The molecule has 3 heteroatoms. The van der Waals surface area contributed by atoms with Crippen molar-refractivity contribution in [3.63, 3.8) is 0 Å². The van der Waals surface area contributed by atoms with Crippen LogP contribution in [0.1, 0.15) is 27.2 Å². The van der Waals surface area contributed by atoms with Crippen LogP contribution in [0.15, 0.2) is 22.8 Å². The largest absolute Gasteiger partial charge is 0.361 e. The second-order valence-corrected chi connectivity index (χ2v) is 7.08. The molecule has 1 saturated heterocycles. The number of piperidine rings is 1. The number of hydrogen-bond donors (Lipinski definition) is 0. The topological polar surface area (TPSA) is 6.48 Å². The molecule has 0 aliphatic carbocycles. The standard InChI is InChI=1S/C15H26N2S/c1-6-7-14-12(3)18-15(17(14)5)13-8-9-16(4)10-11(13)2/h6-7,11,13,15H,8-10H2,1-5H3/b7-6-. The average Bonchev–Trinajstić information content (AvgIpc) is 2.58. The molecule has 18 heavy (non-hydrogen) atoms. The van der Waals surface area contributed by atoms with Crippen LogP contribution in [0.4, 0.5) is 0 Å². The number of likely N-dealkylation sites (tertiary alicyclic amines) is 1. The molecule has 0 bridgehead atoms. The summed E-state index contributed by atoms with van der Waals surface area (Å²) in [6, 6.07) is 0. The van der Waals surface area contributed by atoms with Gasteiger partial charge < -0.3 is 9.80 Å². The van der Waals surface area contributed by atoms with E-state index in [0.29, 0.717) is 5.37 Å². The molecule has 0 spiro atoms. The van der Waals surface area contributed by atoms with Crippen LogP contribution in [0.5, 0.6) is 0 Å². The van der Waals surface area contributed by atoms with Crippen LogP contribution in [0, 0.1) is 11.8 Å². The maximum Gasteiger partial charge on any atom is 0.0822 e. The maximum absolute atomic E-state index is 2.49. The summed E-state index contributed by atoms with van der Waals surface area (Å²) < 4.78 is 0. The normalized spacial score (nSPS) is 34.9. The Balaban J connectivity index is 2.08. The van der Waals surface area contributed by atoms with Gasteiger partial charge in [0.1, 0.15) is 0 Å². The Kier molecular flexibility index (Phi) is 4.44. The lowest BCUT2D eigenvalue weighted by atomic mass is 9.86. The Morgan fingerprint density at radius 2 is 2.06 bits per heavy atom. The first-order chi connectivity index (χ1) is 8.54. The summed E-state index contributed by atoms with van der Waals surface area (Å²) in [6.07, 6.45) is 5.73. The lowest BCUT2D eigenvalue weighted by Crippen LogP contribution is -2.44. The van der Waals surface area contributed by atoms with Crippen molar-refractivity contribution in [1.29, 1.82) is 0 Å². The predicted octanol–water partition coefficient (Wildman–Crippen LogP) is 3.39. The molecule has 1 fully saturated rings. The highest BCUT2D eigenvalue weighted by atomic mass is 32.2. The fourth-order valence-corrected chi connectivity index (χ4v) is 4.82. The van der Waals surface area contributed by atoms with Gasteiger partial charge in [-0.15, -0.1) is 11.8 Å². The van der Waals surface area contributed by atoms with Crippen LogP contribution >= 0.6 is 11.8 Å². The highest BCUT2D eigenvalue weighted by Crippen LogP contribution is 2.44. The monoisotopic (exact) mass is 266 g/mol. The summed E-state index contributed by atoms with van der Waals surface area (Å²) in [4.78, 5) is 6.44. The smallest absolute Gasteiger partial charge is 0.0822 e. The van der Waals surface area contributed by atoms with Gasteiger partial charge in [0.05, 0.1) is 5.37 Å². The second kappa shape index (κ2) is 5.70. The van der Waals surface area contributed by atoms with E-state index in [0.717, 1.165) is 11.8 Å². The van der Waals surface area contributed by atoms with Gasteiger partial charge in [0.2, 0.25) is 0 Å². The number of hydrogen-bond acceptors (Lipinski definition) is 3. The van der Waals surface area contributed by atoms with Gasteiger partial charge in [-0.3, -0.25) is 0 Å². The van der Waals surface area contributed by atoms with E-state index >= 15 is 0 Å². The van der Waals surface area contributed by atoms with E-state index < -0.39 is 0 Å². The van der Waals surface area contributed by atoms with E-state index in [1.54, 1.807) is 0 Å². The summed E-state index contributed by atoms with van der Waals surface area (Å²) in [5.41, 5.74) is 1.42. The van der Waals surface area contributed by atoms with Crippen molar-refractivity contribution in [2.75, 3.05) is 27.2 Å². The number of nitrogens with zero attached hydrogens (tertiary/aromatic N) is 2. The molecule has 0 aromatic rings. The van der Waals surface area contributed by atoms with Crippen LogP contribution in [-0.2, 0) is 0 Å². The Morgan fingerprint density at radius 1 is 1.33 bits per heavy atom. The summed E-state index contributed by atoms with van der Waals surface area (Å²) in [6.45, 7) is 9.27. The van der Waals surface area contributed by atoms with Crippen molar-refractivity contribution in [2.45, 2.75) is 32.6 Å². The van der Waals surface area contributed by atoms with Crippen molar-refractivity contribution in [3.8, 4) is 0 Å². The first-order valence-corrected chi connectivity index (χ1v) is 7.84.